The van der Waals surface area contributed by atoms with Crippen molar-refractivity contribution in [2.24, 2.45) is 0 Å². The number of aryl methyl sites for hydroxylation is 1. The Bertz CT molecular complexity index is 409. The maximum Gasteiger partial charge on any atom is 0.119 e. The van der Waals surface area contributed by atoms with Crippen molar-refractivity contribution < 1.29 is 15.3 Å². The maximum absolute atomic E-state index is 9.44. The fourth-order valence-corrected chi connectivity index (χ4v) is 3.16. The van der Waals surface area contributed by atoms with Crippen LogP contribution in [0.5, 0.6) is 11.5 Å². The van der Waals surface area contributed by atoms with E-state index >= 15 is 0 Å². The number of phenols is 2. The molecule has 138 valence electrons. The first-order valence-corrected chi connectivity index (χ1v) is 9.78. The topological polar surface area (TPSA) is 60.7 Å². The minimum Gasteiger partial charge on any atom is -0.508 e. The van der Waals surface area contributed by atoms with Gasteiger partial charge in [0.15, 0.2) is 0 Å². The highest BCUT2D eigenvalue weighted by molar-refractivity contribution is 5.36. The summed E-state index contributed by atoms with van der Waals surface area (Å²) in [6.45, 7) is 1.87. The molecule has 24 heavy (non-hydrogen) atoms. The van der Waals surface area contributed by atoms with Crippen LogP contribution in [-0.4, -0.2) is 21.4 Å². The molecule has 1 aromatic carbocycles. The van der Waals surface area contributed by atoms with E-state index in [9.17, 15) is 15.3 Å². The highest BCUT2D eigenvalue weighted by Crippen LogP contribution is 2.22. The van der Waals surface area contributed by atoms with Gasteiger partial charge in [-0.25, -0.2) is 0 Å². The van der Waals surface area contributed by atoms with Crippen LogP contribution in [0, 0.1) is 0 Å². The van der Waals surface area contributed by atoms with Gasteiger partial charge >= 0.3 is 0 Å². The Morgan fingerprint density at radius 2 is 1.08 bits per heavy atom. The minimum atomic E-state index is -0.136. The number of benzene rings is 1. The van der Waals surface area contributed by atoms with Crippen LogP contribution in [0.3, 0.4) is 0 Å². The Labute approximate surface area is 147 Å². The molecule has 0 aromatic heterocycles. The van der Waals surface area contributed by atoms with Gasteiger partial charge in [0.25, 0.3) is 0 Å². The molecule has 0 spiro atoms. The molecule has 0 saturated heterocycles. The molecule has 0 aliphatic carbocycles. The fraction of sp³-hybridized carbons (Fsp3) is 0.714. The first-order chi connectivity index (χ1) is 11.6. The quantitative estimate of drug-likeness (QED) is 0.382. The lowest BCUT2D eigenvalue weighted by molar-refractivity contribution is 0.180. The normalized spacial score (nSPS) is 12.4. The van der Waals surface area contributed by atoms with Gasteiger partial charge in [-0.3, -0.25) is 0 Å². The largest absolute Gasteiger partial charge is 0.508 e. The number of rotatable bonds is 14. The number of aromatic hydroxyl groups is 2. The fourth-order valence-electron chi connectivity index (χ4n) is 3.16. The van der Waals surface area contributed by atoms with E-state index in [0.29, 0.717) is 0 Å². The molecule has 0 heterocycles. The summed E-state index contributed by atoms with van der Waals surface area (Å²) in [5.74, 6) is 0.298. The average molecular weight is 337 g/mol. The molecule has 1 aromatic rings. The van der Waals surface area contributed by atoms with Crippen molar-refractivity contribution >= 4 is 0 Å². The van der Waals surface area contributed by atoms with Crippen LogP contribution >= 0.6 is 0 Å². The number of hydrogen-bond acceptors (Lipinski definition) is 3. The SMILES string of the molecule is CC(O)CCCCCCCCCCCCCc1cc(O)cc(O)c1. The van der Waals surface area contributed by atoms with Gasteiger partial charge in [-0.2, -0.15) is 0 Å². The number of aliphatic hydroxyl groups is 1. The Kier molecular flexibility index (Phi) is 11.4. The molecule has 0 amide bonds. The summed E-state index contributed by atoms with van der Waals surface area (Å²) in [4.78, 5) is 0. The molecule has 1 rings (SSSR count). The maximum atomic E-state index is 9.44. The van der Waals surface area contributed by atoms with Gasteiger partial charge in [0.2, 0.25) is 0 Å². The van der Waals surface area contributed by atoms with Gasteiger partial charge < -0.3 is 15.3 Å². The number of unbranched alkanes of at least 4 members (excludes halogenated alkanes) is 10. The Hall–Kier alpha value is -1.22. The van der Waals surface area contributed by atoms with E-state index in [4.69, 9.17) is 0 Å². The van der Waals surface area contributed by atoms with Crippen molar-refractivity contribution in [2.45, 2.75) is 96.5 Å². The van der Waals surface area contributed by atoms with Crippen LogP contribution in [0.2, 0.25) is 0 Å². The first-order valence-electron chi connectivity index (χ1n) is 9.78. The van der Waals surface area contributed by atoms with E-state index in [-0.39, 0.29) is 17.6 Å². The van der Waals surface area contributed by atoms with Crippen LogP contribution < -0.4 is 0 Å². The molecule has 1 atom stereocenters. The summed E-state index contributed by atoms with van der Waals surface area (Å²) in [6.07, 6.45) is 15.7. The van der Waals surface area contributed by atoms with Gasteiger partial charge in [0.1, 0.15) is 11.5 Å². The van der Waals surface area contributed by atoms with Crippen molar-refractivity contribution in [3.05, 3.63) is 23.8 Å². The molecule has 0 saturated carbocycles. The van der Waals surface area contributed by atoms with E-state index in [0.717, 1.165) is 31.2 Å². The smallest absolute Gasteiger partial charge is 0.119 e. The highest BCUT2D eigenvalue weighted by Gasteiger charge is 2.00. The molecule has 3 N–H and O–H groups in total. The third-order valence-electron chi connectivity index (χ3n) is 4.55. The van der Waals surface area contributed by atoms with Gasteiger partial charge in [-0.05, 0) is 43.9 Å². The van der Waals surface area contributed by atoms with Crippen molar-refractivity contribution in [1.29, 1.82) is 0 Å². The summed E-state index contributed by atoms with van der Waals surface area (Å²) in [5.41, 5.74) is 1.02. The lowest BCUT2D eigenvalue weighted by atomic mass is 10.0. The van der Waals surface area contributed by atoms with Crippen molar-refractivity contribution in [2.75, 3.05) is 0 Å². The number of hydrogen-bond donors (Lipinski definition) is 3. The van der Waals surface area contributed by atoms with Crippen molar-refractivity contribution in [1.82, 2.24) is 0 Å². The standard InChI is InChI=1S/C21H36O3/c1-18(22)13-11-9-7-5-3-2-4-6-8-10-12-14-19-15-20(23)17-21(24)16-19/h15-18,22-24H,2-14H2,1H3. The Morgan fingerprint density at radius 1 is 0.667 bits per heavy atom. The monoisotopic (exact) mass is 336 g/mol. The van der Waals surface area contributed by atoms with E-state index in [1.807, 2.05) is 6.92 Å². The van der Waals surface area contributed by atoms with Crippen LogP contribution in [0.25, 0.3) is 0 Å². The molecule has 0 aliphatic rings. The van der Waals surface area contributed by atoms with Crippen LogP contribution in [-0.2, 0) is 6.42 Å². The molecule has 0 radical (unpaired) electrons. The van der Waals surface area contributed by atoms with Gasteiger partial charge in [0.05, 0.1) is 6.10 Å². The number of aliphatic hydroxyl groups excluding tert-OH is 1. The van der Waals surface area contributed by atoms with Gasteiger partial charge in [0, 0.05) is 6.07 Å². The predicted molar refractivity (Wildman–Crippen MR) is 101 cm³/mol. The van der Waals surface area contributed by atoms with Gasteiger partial charge in [-0.15, -0.1) is 0 Å². The molecule has 1 unspecified atom stereocenters. The molecule has 0 aliphatic heterocycles. The van der Waals surface area contributed by atoms with E-state index in [1.165, 1.54) is 63.9 Å². The van der Waals surface area contributed by atoms with Gasteiger partial charge in [-0.1, -0.05) is 64.2 Å². The van der Waals surface area contributed by atoms with E-state index in [2.05, 4.69) is 0 Å². The summed E-state index contributed by atoms with van der Waals surface area (Å²) in [7, 11) is 0. The molecule has 3 heteroatoms. The lowest BCUT2D eigenvalue weighted by Gasteiger charge is -2.05. The zero-order valence-corrected chi connectivity index (χ0v) is 15.3. The van der Waals surface area contributed by atoms with E-state index < -0.39 is 0 Å². The molecule has 0 bridgehead atoms. The lowest BCUT2D eigenvalue weighted by Crippen LogP contribution is -1.98. The average Bonchev–Trinajstić information content (AvgIpc) is 2.50. The third-order valence-corrected chi connectivity index (χ3v) is 4.55. The summed E-state index contributed by atoms with van der Waals surface area (Å²) in [6, 6.07) is 4.85. The molecule has 3 nitrogen and oxygen atoms in total. The second-order valence-electron chi connectivity index (χ2n) is 7.13. The summed E-state index contributed by atoms with van der Waals surface area (Å²) in [5, 5.41) is 28.1. The van der Waals surface area contributed by atoms with Crippen molar-refractivity contribution in [3.8, 4) is 11.5 Å². The van der Waals surface area contributed by atoms with Crippen LogP contribution in [0.4, 0.5) is 0 Å². The second-order valence-corrected chi connectivity index (χ2v) is 7.13. The van der Waals surface area contributed by atoms with Crippen LogP contribution in [0.1, 0.15) is 89.5 Å². The second kappa shape index (κ2) is 13.1. The van der Waals surface area contributed by atoms with E-state index in [1.54, 1.807) is 12.1 Å². The highest BCUT2D eigenvalue weighted by atomic mass is 16.3. The Morgan fingerprint density at radius 3 is 1.54 bits per heavy atom. The predicted octanol–water partition coefficient (Wildman–Crippen LogP) is 5.70. The Balaban J connectivity index is 1.85. The molecular formula is C21H36O3. The van der Waals surface area contributed by atoms with Crippen LogP contribution in [0.15, 0.2) is 18.2 Å². The summed E-state index contributed by atoms with van der Waals surface area (Å²) < 4.78 is 0. The minimum absolute atomic E-state index is 0.136. The first kappa shape index (κ1) is 20.8. The molecular weight excluding hydrogens is 300 g/mol. The van der Waals surface area contributed by atoms with Crippen molar-refractivity contribution in [3.63, 3.8) is 0 Å². The molecule has 0 fully saturated rings. The zero-order chi connectivity index (χ0) is 17.6. The number of phenolic OH excluding ortho intramolecular Hbond substituents is 2. The third kappa shape index (κ3) is 11.3. The summed E-state index contributed by atoms with van der Waals surface area (Å²) >= 11 is 0. The zero-order valence-electron chi connectivity index (χ0n) is 15.3.